The zero-order chi connectivity index (χ0) is 8.15. The highest BCUT2D eigenvalue weighted by atomic mass is 16.1. The monoisotopic (exact) mass is 141 g/mol. The van der Waals surface area contributed by atoms with Crippen LogP contribution in [0.3, 0.4) is 0 Å². The maximum atomic E-state index is 10.3. The van der Waals surface area contributed by atoms with Crippen molar-refractivity contribution >= 4 is 5.91 Å². The first kappa shape index (κ1) is 8.92. The Morgan fingerprint density at radius 2 is 2.30 bits per heavy atom. The van der Waals surface area contributed by atoms with Crippen LogP contribution < -0.4 is 11.5 Å². The van der Waals surface area contributed by atoms with Crippen LogP contribution in [0.5, 0.6) is 0 Å². The number of hydrogen-bond acceptors (Lipinski definition) is 3. The van der Waals surface area contributed by atoms with Gasteiger partial charge in [0.25, 0.3) is 0 Å². The van der Waals surface area contributed by atoms with Crippen LogP contribution >= 0.6 is 0 Å². The topological polar surface area (TPSA) is 92.9 Å². The normalized spacial score (nSPS) is 15.3. The predicted octanol–water partition coefficient (Wildman–Crippen LogP) is -0.651. The van der Waals surface area contributed by atoms with Crippen LogP contribution in [0, 0.1) is 17.2 Å². The number of rotatable bonds is 3. The number of hydrogen-bond donors (Lipinski definition) is 2. The lowest BCUT2D eigenvalue weighted by atomic mass is 10.0. The van der Waals surface area contributed by atoms with Crippen molar-refractivity contribution in [1.82, 2.24) is 0 Å². The summed E-state index contributed by atoms with van der Waals surface area (Å²) >= 11 is 0. The summed E-state index contributed by atoms with van der Waals surface area (Å²) in [6, 6.07) is 1.28. The summed E-state index contributed by atoms with van der Waals surface area (Å²) in [7, 11) is 0. The molecule has 0 aromatic carbocycles. The van der Waals surface area contributed by atoms with E-state index >= 15 is 0 Å². The van der Waals surface area contributed by atoms with E-state index in [1.165, 1.54) is 0 Å². The number of nitrogens with zero attached hydrogens (tertiary/aromatic N) is 1. The summed E-state index contributed by atoms with van der Waals surface area (Å²) in [6.45, 7) is 1.70. The minimum absolute atomic E-state index is 0.206. The van der Waals surface area contributed by atoms with Gasteiger partial charge in [0.2, 0.25) is 5.91 Å². The minimum Gasteiger partial charge on any atom is -0.368 e. The molecule has 0 radical (unpaired) electrons. The lowest BCUT2D eigenvalue weighted by Gasteiger charge is -2.06. The number of nitrogens with two attached hydrogens (primary N) is 2. The zero-order valence-electron chi connectivity index (χ0n) is 5.87. The third-order valence-corrected chi connectivity index (χ3v) is 1.19. The number of amides is 1. The Kier molecular flexibility index (Phi) is 3.44. The fourth-order valence-electron chi connectivity index (χ4n) is 0.550. The number of carbonyl (C=O) groups is 1. The molecule has 0 aromatic heterocycles. The molecule has 0 saturated carbocycles. The molecule has 0 aliphatic rings. The molecule has 2 atom stereocenters. The van der Waals surface area contributed by atoms with Gasteiger partial charge in [-0.2, -0.15) is 5.26 Å². The van der Waals surface area contributed by atoms with Crippen LogP contribution in [0.2, 0.25) is 0 Å². The number of carbonyl (C=O) groups excluding carboxylic acids is 1. The Bertz CT molecular complexity index is 161. The predicted molar refractivity (Wildman–Crippen MR) is 36.6 cm³/mol. The molecule has 0 spiro atoms. The van der Waals surface area contributed by atoms with Gasteiger partial charge in [0.05, 0.1) is 12.1 Å². The van der Waals surface area contributed by atoms with E-state index in [4.69, 9.17) is 16.7 Å². The maximum Gasteiger partial charge on any atom is 0.234 e. The van der Waals surface area contributed by atoms with E-state index in [1.54, 1.807) is 6.92 Å². The van der Waals surface area contributed by atoms with Crippen molar-refractivity contribution in [2.45, 2.75) is 19.4 Å². The fraction of sp³-hybridized carbons (Fsp3) is 0.667. The van der Waals surface area contributed by atoms with Gasteiger partial charge < -0.3 is 11.5 Å². The maximum absolute atomic E-state index is 10.3. The summed E-state index contributed by atoms with van der Waals surface area (Å²) in [5, 5.41) is 8.31. The lowest BCUT2D eigenvalue weighted by Crippen LogP contribution is -2.37. The molecule has 0 heterocycles. The van der Waals surface area contributed by atoms with Crippen molar-refractivity contribution < 1.29 is 4.79 Å². The van der Waals surface area contributed by atoms with E-state index in [1.807, 2.05) is 6.07 Å². The first-order chi connectivity index (χ1) is 4.57. The van der Waals surface area contributed by atoms with E-state index in [9.17, 15) is 4.79 Å². The summed E-state index contributed by atoms with van der Waals surface area (Å²) in [6.07, 6.45) is 0.339. The van der Waals surface area contributed by atoms with Gasteiger partial charge in [-0.05, 0) is 13.3 Å². The smallest absolute Gasteiger partial charge is 0.234 e. The van der Waals surface area contributed by atoms with Gasteiger partial charge in [-0.1, -0.05) is 0 Å². The largest absolute Gasteiger partial charge is 0.368 e. The minimum atomic E-state index is -0.686. The Morgan fingerprint density at radius 1 is 1.80 bits per heavy atom. The molecule has 0 fully saturated rings. The van der Waals surface area contributed by atoms with Crippen molar-refractivity contribution in [2.75, 3.05) is 0 Å². The molecule has 0 aliphatic heterocycles. The molecular formula is C6H11N3O. The van der Waals surface area contributed by atoms with E-state index in [-0.39, 0.29) is 5.92 Å². The van der Waals surface area contributed by atoms with Crippen molar-refractivity contribution in [3.8, 4) is 6.07 Å². The third-order valence-electron chi connectivity index (χ3n) is 1.19. The van der Waals surface area contributed by atoms with Crippen molar-refractivity contribution in [2.24, 2.45) is 17.4 Å². The molecule has 2 unspecified atom stereocenters. The summed E-state index contributed by atoms with van der Waals surface area (Å²) in [5.74, 6) is -0.760. The molecule has 0 rings (SSSR count). The van der Waals surface area contributed by atoms with Crippen LogP contribution in [0.4, 0.5) is 0 Å². The summed E-state index contributed by atoms with van der Waals surface area (Å²) in [5.41, 5.74) is 10.1. The molecule has 0 saturated heterocycles. The summed E-state index contributed by atoms with van der Waals surface area (Å²) < 4.78 is 0. The van der Waals surface area contributed by atoms with Gasteiger partial charge in [0, 0.05) is 5.92 Å². The van der Waals surface area contributed by atoms with Gasteiger partial charge in [0.1, 0.15) is 0 Å². The second-order valence-electron chi connectivity index (χ2n) is 2.27. The van der Waals surface area contributed by atoms with E-state index in [0.717, 1.165) is 0 Å². The molecule has 0 aromatic rings. The molecule has 0 aliphatic carbocycles. The highest BCUT2D eigenvalue weighted by Crippen LogP contribution is 2.01. The Balaban J connectivity index is 3.70. The lowest BCUT2D eigenvalue weighted by molar-refractivity contribution is -0.119. The molecule has 10 heavy (non-hydrogen) atoms. The van der Waals surface area contributed by atoms with E-state index < -0.39 is 11.9 Å². The van der Waals surface area contributed by atoms with E-state index in [0.29, 0.717) is 6.42 Å². The Labute approximate surface area is 59.8 Å². The highest BCUT2D eigenvalue weighted by Gasteiger charge is 2.12. The average molecular weight is 141 g/mol. The molecule has 0 bridgehead atoms. The van der Waals surface area contributed by atoms with Crippen molar-refractivity contribution in [3.05, 3.63) is 0 Å². The molecule has 4 nitrogen and oxygen atoms in total. The first-order valence-electron chi connectivity index (χ1n) is 3.02. The van der Waals surface area contributed by atoms with Crippen molar-refractivity contribution in [3.63, 3.8) is 0 Å². The number of nitriles is 1. The average Bonchev–Trinajstić information content (AvgIpc) is 1.87. The second kappa shape index (κ2) is 3.85. The SMILES string of the molecule is CC(C#N)CC(N)C(N)=O. The number of primary amides is 1. The molecule has 1 amide bonds. The molecule has 4 heteroatoms. The second-order valence-corrected chi connectivity index (χ2v) is 2.27. The van der Waals surface area contributed by atoms with Crippen LogP contribution in [-0.4, -0.2) is 11.9 Å². The summed E-state index contributed by atoms with van der Waals surface area (Å²) in [4.78, 5) is 10.3. The molecule has 4 N–H and O–H groups in total. The molecule has 56 valence electrons. The van der Waals surface area contributed by atoms with Gasteiger partial charge in [-0.25, -0.2) is 0 Å². The van der Waals surface area contributed by atoms with Gasteiger partial charge >= 0.3 is 0 Å². The van der Waals surface area contributed by atoms with Crippen LogP contribution in [-0.2, 0) is 4.79 Å². The van der Waals surface area contributed by atoms with Crippen molar-refractivity contribution in [1.29, 1.82) is 5.26 Å². The van der Waals surface area contributed by atoms with Gasteiger partial charge in [-0.15, -0.1) is 0 Å². The third kappa shape index (κ3) is 3.05. The highest BCUT2D eigenvalue weighted by molar-refractivity contribution is 5.79. The zero-order valence-corrected chi connectivity index (χ0v) is 5.87. The van der Waals surface area contributed by atoms with Gasteiger partial charge in [0.15, 0.2) is 0 Å². The fourth-order valence-corrected chi connectivity index (χ4v) is 0.550. The standard InChI is InChI=1S/C6H11N3O/c1-4(3-7)2-5(8)6(9)10/h4-5H,2,8H2,1H3,(H2,9,10). The van der Waals surface area contributed by atoms with Crippen LogP contribution in [0.1, 0.15) is 13.3 Å². The Morgan fingerprint density at radius 3 is 2.60 bits per heavy atom. The molecular weight excluding hydrogens is 130 g/mol. The van der Waals surface area contributed by atoms with Gasteiger partial charge in [-0.3, -0.25) is 4.79 Å². The van der Waals surface area contributed by atoms with Crippen LogP contribution in [0.25, 0.3) is 0 Å². The Hall–Kier alpha value is -1.08. The quantitative estimate of drug-likeness (QED) is 0.546. The first-order valence-corrected chi connectivity index (χ1v) is 3.02. The van der Waals surface area contributed by atoms with Crippen LogP contribution in [0.15, 0.2) is 0 Å². The van der Waals surface area contributed by atoms with E-state index in [2.05, 4.69) is 0 Å².